The smallest absolute Gasteiger partial charge is 0.170 e. The highest BCUT2D eigenvalue weighted by atomic mass is 32.1. The third kappa shape index (κ3) is 5.18. The fraction of sp³-hybridized carbons (Fsp3) is 0. The topological polar surface area (TPSA) is 56.7 Å². The van der Waals surface area contributed by atoms with E-state index in [4.69, 9.17) is 19.4 Å². The Morgan fingerprint density at radius 1 is 0.364 bits per heavy atom. The van der Waals surface area contributed by atoms with Crippen LogP contribution in [0.1, 0.15) is 0 Å². The summed E-state index contributed by atoms with van der Waals surface area (Å²) in [5.74, 6) is 1.73. The van der Waals surface area contributed by atoms with E-state index in [1.165, 1.54) is 61.9 Å². The van der Waals surface area contributed by atoms with Gasteiger partial charge < -0.3 is 8.98 Å². The molecule has 66 heavy (non-hydrogen) atoms. The van der Waals surface area contributed by atoms with Gasteiger partial charge in [-0.3, -0.25) is 0 Å². The van der Waals surface area contributed by atoms with Crippen LogP contribution in [0.5, 0.6) is 0 Å². The third-order valence-electron chi connectivity index (χ3n) is 13.4. The minimum atomic E-state index is 0.539. The summed E-state index contributed by atoms with van der Waals surface area (Å²) in [5.41, 5.74) is 7.33. The lowest BCUT2D eigenvalue weighted by Crippen LogP contribution is -2.05. The van der Waals surface area contributed by atoms with Crippen LogP contribution >= 0.6 is 22.7 Å². The zero-order valence-electron chi connectivity index (χ0n) is 35.0. The van der Waals surface area contributed by atoms with Crippen LogP contribution in [0.25, 0.3) is 145 Å². The summed E-state index contributed by atoms with van der Waals surface area (Å²) in [5, 5.41) is 13.8. The summed E-state index contributed by atoms with van der Waals surface area (Å²) in [4.78, 5) is 16.6. The van der Waals surface area contributed by atoms with Crippen molar-refractivity contribution in [3.05, 3.63) is 194 Å². The van der Waals surface area contributed by atoms with E-state index in [0.717, 1.165) is 66.1 Å². The molecule has 0 saturated carbocycles. The Morgan fingerprint density at radius 2 is 0.879 bits per heavy atom. The van der Waals surface area contributed by atoms with Crippen LogP contribution in [0.4, 0.5) is 0 Å². The molecule has 0 atom stereocenters. The number of nitrogens with zero attached hydrogens (tertiary/aromatic N) is 4. The average molecular weight is 877 g/mol. The molecule has 7 heteroatoms. The molecule has 5 nitrogen and oxygen atoms in total. The summed E-state index contributed by atoms with van der Waals surface area (Å²) >= 11 is 3.62. The molecule has 0 fully saturated rings. The molecule has 0 aliphatic heterocycles. The number of thiophene rings is 2. The number of rotatable bonds is 4. The minimum Gasteiger partial charge on any atom is -0.455 e. The molecular weight excluding hydrogens is 845 g/mol. The first kappa shape index (κ1) is 36.1. The van der Waals surface area contributed by atoms with Crippen molar-refractivity contribution in [2.24, 2.45) is 0 Å². The van der Waals surface area contributed by atoms with E-state index in [9.17, 15) is 0 Å². The van der Waals surface area contributed by atoms with Gasteiger partial charge in [0.25, 0.3) is 0 Å². The van der Waals surface area contributed by atoms with E-state index >= 15 is 0 Å². The third-order valence-corrected chi connectivity index (χ3v) is 15.7. The fourth-order valence-electron chi connectivity index (χ4n) is 10.5. The van der Waals surface area contributed by atoms with Gasteiger partial charge in [-0.15, -0.1) is 22.7 Å². The molecule has 0 N–H and O–H groups in total. The molecule has 0 aliphatic rings. The summed E-state index contributed by atoms with van der Waals surface area (Å²) in [6.07, 6.45) is 0. The Morgan fingerprint density at radius 3 is 1.56 bits per heavy atom. The monoisotopic (exact) mass is 876 g/mol. The molecule has 5 heterocycles. The average Bonchev–Trinajstić information content (AvgIpc) is 4.14. The summed E-state index contributed by atoms with van der Waals surface area (Å²) in [7, 11) is 0. The Balaban J connectivity index is 1.11. The van der Waals surface area contributed by atoms with Crippen molar-refractivity contribution in [1.82, 2.24) is 19.5 Å². The van der Waals surface area contributed by atoms with Crippen LogP contribution in [0.2, 0.25) is 0 Å². The van der Waals surface area contributed by atoms with Gasteiger partial charge in [0.15, 0.2) is 17.5 Å². The van der Waals surface area contributed by atoms with Gasteiger partial charge >= 0.3 is 0 Å². The molecular formula is C59H32N4OS2. The van der Waals surface area contributed by atoms with Crippen molar-refractivity contribution in [2.45, 2.75) is 0 Å². The van der Waals surface area contributed by atoms with Crippen molar-refractivity contribution in [3.63, 3.8) is 0 Å². The van der Waals surface area contributed by atoms with Crippen molar-refractivity contribution < 1.29 is 4.42 Å². The van der Waals surface area contributed by atoms with Gasteiger partial charge in [-0.1, -0.05) is 121 Å². The number of aromatic nitrogens is 4. The highest BCUT2D eigenvalue weighted by molar-refractivity contribution is 7.26. The molecule has 15 aromatic rings. The number of furan rings is 1. The second kappa shape index (κ2) is 13.6. The molecule has 0 amide bonds. The molecule has 306 valence electrons. The number of hydrogen-bond donors (Lipinski definition) is 0. The van der Waals surface area contributed by atoms with Gasteiger partial charge in [0.2, 0.25) is 0 Å². The molecule has 10 aromatic carbocycles. The van der Waals surface area contributed by atoms with Crippen LogP contribution in [0.3, 0.4) is 0 Å². The molecule has 15 rings (SSSR count). The fourth-order valence-corrected chi connectivity index (χ4v) is 12.6. The molecule has 0 bridgehead atoms. The van der Waals surface area contributed by atoms with E-state index in [-0.39, 0.29) is 0 Å². The van der Waals surface area contributed by atoms with Crippen molar-refractivity contribution >= 4 is 128 Å². The first-order chi connectivity index (χ1) is 32.7. The van der Waals surface area contributed by atoms with Gasteiger partial charge in [0.1, 0.15) is 11.2 Å². The van der Waals surface area contributed by atoms with Crippen molar-refractivity contribution in [3.8, 4) is 39.9 Å². The van der Waals surface area contributed by atoms with Crippen LogP contribution in [0.15, 0.2) is 199 Å². The van der Waals surface area contributed by atoms with E-state index in [2.05, 4.69) is 193 Å². The maximum Gasteiger partial charge on any atom is 0.170 e. The van der Waals surface area contributed by atoms with Crippen molar-refractivity contribution in [1.29, 1.82) is 0 Å². The standard InChI is InChI=1S/C59H32N4OS2/c1-2-14-34-32-47-43(29-33(34)13-1)37-15-5-9-21-46(37)63(47)55-41-19-4-3-18-40(41)53-42-20-6-10-22-48(42)64-56(53)54(55)59-61-57(35-25-27-51-44(30-35)38-16-7-11-23-49(38)65-51)60-58(62-59)36-26-28-52-45(31-36)39-17-8-12-24-50(39)66-52/h1-32H. The van der Waals surface area contributed by atoms with Gasteiger partial charge in [-0.25, -0.2) is 15.0 Å². The number of benzene rings is 10. The molecule has 0 spiro atoms. The van der Waals surface area contributed by atoms with E-state index in [1.807, 2.05) is 28.7 Å². The Kier molecular flexibility index (Phi) is 7.47. The van der Waals surface area contributed by atoms with E-state index < -0.39 is 0 Å². The zero-order valence-corrected chi connectivity index (χ0v) is 36.6. The van der Waals surface area contributed by atoms with Crippen molar-refractivity contribution in [2.75, 3.05) is 0 Å². The van der Waals surface area contributed by atoms with Crippen LogP contribution in [0, 0.1) is 0 Å². The minimum absolute atomic E-state index is 0.539. The quantitative estimate of drug-likeness (QED) is 0.177. The van der Waals surface area contributed by atoms with Crippen LogP contribution in [-0.2, 0) is 0 Å². The van der Waals surface area contributed by atoms with Crippen LogP contribution < -0.4 is 0 Å². The predicted octanol–water partition coefficient (Wildman–Crippen LogP) is 16.9. The predicted molar refractivity (Wildman–Crippen MR) is 279 cm³/mol. The lowest BCUT2D eigenvalue weighted by molar-refractivity contribution is 0.669. The summed E-state index contributed by atoms with van der Waals surface area (Å²) in [6.45, 7) is 0. The highest BCUT2D eigenvalue weighted by Gasteiger charge is 2.28. The Hall–Kier alpha value is -8.23. The summed E-state index contributed by atoms with van der Waals surface area (Å²) in [6, 6.07) is 69.6. The first-order valence-corrected chi connectivity index (χ1v) is 23.7. The Bertz CT molecular complexity index is 4420. The number of fused-ring (bicyclic) bond motifs is 15. The maximum atomic E-state index is 7.15. The number of para-hydroxylation sites is 2. The summed E-state index contributed by atoms with van der Waals surface area (Å²) < 4.78 is 14.5. The Labute approximate surface area is 384 Å². The number of hydrogen-bond acceptors (Lipinski definition) is 6. The second-order valence-electron chi connectivity index (χ2n) is 17.1. The normalized spacial score (nSPS) is 12.2. The van der Waals surface area contributed by atoms with Gasteiger partial charge in [-0.05, 0) is 89.0 Å². The maximum absolute atomic E-state index is 7.15. The zero-order chi connectivity index (χ0) is 43.0. The van der Waals surface area contributed by atoms with Gasteiger partial charge in [0, 0.05) is 78.4 Å². The van der Waals surface area contributed by atoms with Crippen LogP contribution in [-0.4, -0.2) is 19.5 Å². The van der Waals surface area contributed by atoms with Gasteiger partial charge in [0.05, 0.1) is 22.3 Å². The van der Waals surface area contributed by atoms with Gasteiger partial charge in [-0.2, -0.15) is 0 Å². The molecule has 0 unspecified atom stereocenters. The second-order valence-corrected chi connectivity index (χ2v) is 19.2. The molecule has 0 aliphatic carbocycles. The lowest BCUT2D eigenvalue weighted by atomic mass is 9.96. The highest BCUT2D eigenvalue weighted by Crippen LogP contribution is 2.48. The molecule has 0 saturated heterocycles. The van der Waals surface area contributed by atoms with E-state index in [1.54, 1.807) is 0 Å². The lowest BCUT2D eigenvalue weighted by Gasteiger charge is -2.18. The SMILES string of the molecule is c1ccc2cc3c(cc2c1)c1ccccc1n3-c1c(-c2nc(-c3ccc4sc5ccccc5c4c3)nc(-c3ccc4sc5ccccc5c4c3)n2)c2oc3ccccc3c2c2ccccc12. The molecule has 0 radical (unpaired) electrons. The molecule has 5 aromatic heterocycles. The first-order valence-electron chi connectivity index (χ1n) is 22.1. The van der Waals surface area contributed by atoms with E-state index in [0.29, 0.717) is 17.5 Å². The largest absolute Gasteiger partial charge is 0.455 e.